The fourth-order valence-electron chi connectivity index (χ4n) is 2.60. The lowest BCUT2D eigenvalue weighted by atomic mass is 10.00. The Morgan fingerprint density at radius 2 is 1.75 bits per heavy atom. The van der Waals surface area contributed by atoms with Gasteiger partial charge in [0.25, 0.3) is 0 Å². The topological polar surface area (TPSA) is 75.8 Å². The number of aliphatic hydroxyl groups is 1. The van der Waals surface area contributed by atoms with E-state index in [2.05, 4.69) is 0 Å². The van der Waals surface area contributed by atoms with Gasteiger partial charge in [-0.25, -0.2) is 4.79 Å². The van der Waals surface area contributed by atoms with Crippen molar-refractivity contribution in [3.05, 3.63) is 56.2 Å². The molecule has 0 bridgehead atoms. The normalized spacial score (nSPS) is 14.1. The van der Waals surface area contributed by atoms with Crippen LogP contribution in [0, 0.1) is 0 Å². The van der Waals surface area contributed by atoms with Crippen LogP contribution in [0.25, 0.3) is 0 Å². The second-order valence-electron chi connectivity index (χ2n) is 5.68. The number of carbonyl (C=O) groups is 1. The quantitative estimate of drug-likeness (QED) is 0.607. The van der Waals surface area contributed by atoms with Crippen LogP contribution in [0.4, 0.5) is 0 Å². The fourth-order valence-corrected chi connectivity index (χ4v) is 4.31. The van der Waals surface area contributed by atoms with Crippen molar-refractivity contribution >= 4 is 28.6 Å². The van der Waals surface area contributed by atoms with Gasteiger partial charge < -0.3 is 20.5 Å². The summed E-state index contributed by atoms with van der Waals surface area (Å²) in [4.78, 5) is 15.7. The van der Waals surface area contributed by atoms with Gasteiger partial charge in [0, 0.05) is 20.1 Å². The van der Waals surface area contributed by atoms with Gasteiger partial charge in [-0.1, -0.05) is 12.1 Å². The molecular formula is C17H22N2O3S2. The lowest BCUT2D eigenvalue weighted by Crippen LogP contribution is -2.38. The minimum absolute atomic E-state index is 0.302. The molecular weight excluding hydrogens is 344 g/mol. The zero-order valence-electron chi connectivity index (χ0n) is 14.1. The molecule has 0 amide bonds. The van der Waals surface area contributed by atoms with Gasteiger partial charge in [-0.3, -0.25) is 0 Å². The average Bonchev–Trinajstić information content (AvgIpc) is 3.19. The third kappa shape index (κ3) is 3.54. The summed E-state index contributed by atoms with van der Waals surface area (Å²) < 4.78 is 5.53. The van der Waals surface area contributed by atoms with Gasteiger partial charge >= 0.3 is 5.97 Å². The van der Waals surface area contributed by atoms with Crippen molar-refractivity contribution in [2.45, 2.75) is 25.5 Å². The summed E-state index contributed by atoms with van der Waals surface area (Å²) in [7, 11) is 3.67. The Hall–Kier alpha value is -1.67. The third-order valence-corrected chi connectivity index (χ3v) is 5.53. The maximum atomic E-state index is 12.9. The Balaban J connectivity index is 2.42. The zero-order valence-corrected chi connectivity index (χ0v) is 15.8. The van der Waals surface area contributed by atoms with Crippen LogP contribution in [0.2, 0.25) is 0 Å². The average molecular weight is 367 g/mol. The number of nitrogens with two attached hydrogens (primary N) is 1. The number of carbonyl (C=O) groups excluding carboxylic acids is 1. The summed E-state index contributed by atoms with van der Waals surface area (Å²) in [6, 6.07) is 6.74. The second-order valence-corrected chi connectivity index (χ2v) is 7.57. The van der Waals surface area contributed by atoms with E-state index in [0.29, 0.717) is 21.2 Å². The summed E-state index contributed by atoms with van der Waals surface area (Å²) in [6.45, 7) is 3.50. The first kappa shape index (κ1) is 18.7. The molecule has 1 unspecified atom stereocenters. The van der Waals surface area contributed by atoms with Gasteiger partial charge in [-0.2, -0.15) is 0 Å². The largest absolute Gasteiger partial charge is 0.427 e. The zero-order chi connectivity index (χ0) is 17.9. The van der Waals surface area contributed by atoms with Crippen molar-refractivity contribution in [3.63, 3.8) is 0 Å². The van der Waals surface area contributed by atoms with Gasteiger partial charge in [-0.05, 0) is 36.7 Å². The first-order valence-electron chi connectivity index (χ1n) is 7.44. The van der Waals surface area contributed by atoms with E-state index in [1.54, 1.807) is 31.2 Å². The molecule has 0 saturated heterocycles. The molecule has 0 aliphatic rings. The summed E-state index contributed by atoms with van der Waals surface area (Å²) in [5, 5.41) is 14.8. The van der Waals surface area contributed by atoms with E-state index in [4.69, 9.17) is 10.5 Å². The molecule has 2 aromatic heterocycles. The lowest BCUT2D eigenvalue weighted by Gasteiger charge is -2.27. The molecule has 0 fully saturated rings. The van der Waals surface area contributed by atoms with Crippen LogP contribution in [-0.2, 0) is 15.1 Å². The van der Waals surface area contributed by atoms with Crippen LogP contribution < -0.4 is 5.73 Å². The molecule has 0 spiro atoms. The molecule has 24 heavy (non-hydrogen) atoms. The second kappa shape index (κ2) is 7.48. The molecule has 2 heterocycles. The van der Waals surface area contributed by atoms with Crippen molar-refractivity contribution in [1.82, 2.24) is 4.90 Å². The Labute approximate surface area is 150 Å². The number of thiophene rings is 2. The van der Waals surface area contributed by atoms with Crippen LogP contribution in [-0.4, -0.2) is 36.1 Å². The Morgan fingerprint density at radius 3 is 2.08 bits per heavy atom. The number of hydrogen-bond acceptors (Lipinski definition) is 7. The number of ether oxygens (including phenoxy) is 1. The number of likely N-dealkylation sites (N-methyl/N-ethyl adjacent to an activating group) is 1. The molecule has 2 aromatic rings. The van der Waals surface area contributed by atoms with E-state index in [1.165, 1.54) is 22.7 Å². The maximum absolute atomic E-state index is 12.9. The van der Waals surface area contributed by atoms with Crippen molar-refractivity contribution in [2.24, 2.45) is 5.73 Å². The van der Waals surface area contributed by atoms with Gasteiger partial charge in [0.2, 0.25) is 5.60 Å². The standard InChI is InChI=1S/C17H22N2O3S2/c1-11(18)15(19(3)4)12(2)22-16(20)17(21,13-7-5-9-23-13)14-8-6-10-24-14/h5-11,21H,18H2,1-4H3/b15-12-. The van der Waals surface area contributed by atoms with Crippen LogP contribution >= 0.6 is 22.7 Å². The predicted molar refractivity (Wildman–Crippen MR) is 97.8 cm³/mol. The predicted octanol–water partition coefficient (Wildman–Crippen LogP) is 2.73. The molecule has 130 valence electrons. The number of esters is 1. The van der Waals surface area contributed by atoms with Crippen LogP contribution in [0.15, 0.2) is 46.5 Å². The van der Waals surface area contributed by atoms with Crippen molar-refractivity contribution in [1.29, 1.82) is 0 Å². The van der Waals surface area contributed by atoms with Gasteiger partial charge in [0.1, 0.15) is 5.76 Å². The van der Waals surface area contributed by atoms with E-state index in [9.17, 15) is 9.90 Å². The number of allylic oxidation sites excluding steroid dienone is 1. The number of hydrogen-bond donors (Lipinski definition) is 2. The van der Waals surface area contributed by atoms with Crippen LogP contribution in [0.1, 0.15) is 23.6 Å². The number of rotatable bonds is 6. The Kier molecular flexibility index (Phi) is 5.82. The first-order chi connectivity index (χ1) is 11.3. The van der Waals surface area contributed by atoms with Crippen molar-refractivity contribution in [3.8, 4) is 0 Å². The fraction of sp³-hybridized carbons (Fsp3) is 0.353. The van der Waals surface area contributed by atoms with E-state index in [1.807, 2.05) is 36.7 Å². The van der Waals surface area contributed by atoms with E-state index >= 15 is 0 Å². The summed E-state index contributed by atoms with van der Waals surface area (Å²) >= 11 is 2.62. The smallest absolute Gasteiger partial charge is 0.354 e. The monoisotopic (exact) mass is 366 g/mol. The van der Waals surface area contributed by atoms with Gasteiger partial charge in [-0.15, -0.1) is 22.7 Å². The third-order valence-electron chi connectivity index (χ3n) is 3.57. The van der Waals surface area contributed by atoms with E-state index in [-0.39, 0.29) is 6.04 Å². The molecule has 0 aliphatic heterocycles. The summed E-state index contributed by atoms with van der Waals surface area (Å²) in [5.41, 5.74) is 4.84. The van der Waals surface area contributed by atoms with Gasteiger partial charge in [0.05, 0.1) is 15.5 Å². The molecule has 3 N–H and O–H groups in total. The molecule has 0 aliphatic carbocycles. The van der Waals surface area contributed by atoms with Crippen molar-refractivity contribution < 1.29 is 14.6 Å². The lowest BCUT2D eigenvalue weighted by molar-refractivity contribution is -0.157. The molecule has 0 saturated carbocycles. The Morgan fingerprint density at radius 1 is 1.25 bits per heavy atom. The molecule has 2 rings (SSSR count). The maximum Gasteiger partial charge on any atom is 0.354 e. The highest BCUT2D eigenvalue weighted by Gasteiger charge is 2.44. The van der Waals surface area contributed by atoms with Crippen LogP contribution in [0.3, 0.4) is 0 Å². The highest BCUT2D eigenvalue weighted by atomic mass is 32.1. The molecule has 0 aromatic carbocycles. The highest BCUT2D eigenvalue weighted by Crippen LogP contribution is 2.37. The first-order valence-corrected chi connectivity index (χ1v) is 9.20. The minimum atomic E-state index is -1.82. The minimum Gasteiger partial charge on any atom is -0.427 e. The Bertz CT molecular complexity index is 660. The van der Waals surface area contributed by atoms with Crippen LogP contribution in [0.5, 0.6) is 0 Å². The highest BCUT2D eigenvalue weighted by molar-refractivity contribution is 7.12. The van der Waals surface area contributed by atoms with E-state index < -0.39 is 11.6 Å². The molecule has 1 atom stereocenters. The molecule has 5 nitrogen and oxygen atoms in total. The molecule has 0 radical (unpaired) electrons. The SMILES string of the molecule is C/C(OC(=O)C(O)(c1cccs1)c1cccs1)=C(\C(C)N)N(C)C. The van der Waals surface area contributed by atoms with Crippen molar-refractivity contribution in [2.75, 3.05) is 14.1 Å². The van der Waals surface area contributed by atoms with Gasteiger partial charge in [0.15, 0.2) is 0 Å². The number of nitrogens with zero attached hydrogens (tertiary/aromatic N) is 1. The van der Waals surface area contributed by atoms with E-state index in [0.717, 1.165) is 0 Å². The summed E-state index contributed by atoms with van der Waals surface area (Å²) in [6.07, 6.45) is 0. The summed E-state index contributed by atoms with van der Waals surface area (Å²) in [5.74, 6) is -0.351. The molecule has 7 heteroatoms.